The average Bonchev–Trinajstić information content (AvgIpc) is 2.45. The van der Waals surface area contributed by atoms with Gasteiger partial charge in [0.25, 0.3) is 0 Å². The van der Waals surface area contributed by atoms with Gasteiger partial charge in [0.1, 0.15) is 17.5 Å². The lowest BCUT2D eigenvalue weighted by Crippen LogP contribution is -2.15. The summed E-state index contributed by atoms with van der Waals surface area (Å²) >= 11 is 0. The van der Waals surface area contributed by atoms with Crippen LogP contribution < -0.4 is 10.6 Å². The molecule has 1 aromatic carbocycles. The SMILES string of the molecule is CCC(C)Nc1cc(Nc2cccc(C(F)(F)F)c2)nc(C)n1. The van der Waals surface area contributed by atoms with E-state index < -0.39 is 11.7 Å². The van der Waals surface area contributed by atoms with Gasteiger partial charge in [0.2, 0.25) is 0 Å². The summed E-state index contributed by atoms with van der Waals surface area (Å²) in [5.74, 6) is 1.62. The minimum Gasteiger partial charge on any atom is -0.367 e. The fourth-order valence-corrected chi connectivity index (χ4v) is 1.98. The van der Waals surface area contributed by atoms with Crippen molar-refractivity contribution in [3.05, 3.63) is 41.7 Å². The van der Waals surface area contributed by atoms with Crippen molar-refractivity contribution < 1.29 is 13.2 Å². The number of benzene rings is 1. The first-order chi connectivity index (χ1) is 10.8. The van der Waals surface area contributed by atoms with Gasteiger partial charge in [-0.05, 0) is 38.5 Å². The third kappa shape index (κ3) is 4.84. The summed E-state index contributed by atoms with van der Waals surface area (Å²) in [5.41, 5.74) is -0.376. The predicted molar refractivity (Wildman–Crippen MR) is 84.9 cm³/mol. The highest BCUT2D eigenvalue weighted by Crippen LogP contribution is 2.31. The first-order valence-electron chi connectivity index (χ1n) is 7.34. The smallest absolute Gasteiger partial charge is 0.367 e. The number of hydrogen-bond acceptors (Lipinski definition) is 4. The fourth-order valence-electron chi connectivity index (χ4n) is 1.98. The number of alkyl halides is 3. The first kappa shape index (κ1) is 17.1. The lowest BCUT2D eigenvalue weighted by Gasteiger charge is -2.14. The maximum absolute atomic E-state index is 12.8. The number of aromatic nitrogens is 2. The van der Waals surface area contributed by atoms with Gasteiger partial charge in [-0.3, -0.25) is 0 Å². The standard InChI is InChI=1S/C16H19F3N4/c1-4-10(2)20-14-9-15(22-11(3)21-14)23-13-7-5-6-12(8-13)16(17,18)19/h5-10H,4H2,1-3H3,(H2,20,21,22,23). The lowest BCUT2D eigenvalue weighted by molar-refractivity contribution is -0.137. The molecule has 0 aliphatic rings. The van der Waals surface area contributed by atoms with Crippen LogP contribution >= 0.6 is 0 Å². The summed E-state index contributed by atoms with van der Waals surface area (Å²) < 4.78 is 38.3. The Morgan fingerprint density at radius 3 is 2.48 bits per heavy atom. The van der Waals surface area contributed by atoms with E-state index in [1.54, 1.807) is 19.1 Å². The molecule has 23 heavy (non-hydrogen) atoms. The van der Waals surface area contributed by atoms with Gasteiger partial charge < -0.3 is 10.6 Å². The lowest BCUT2D eigenvalue weighted by atomic mass is 10.2. The Balaban J connectivity index is 2.23. The van der Waals surface area contributed by atoms with Gasteiger partial charge in [0.05, 0.1) is 5.56 Å². The summed E-state index contributed by atoms with van der Waals surface area (Å²) in [7, 11) is 0. The van der Waals surface area contributed by atoms with Crippen molar-refractivity contribution in [1.29, 1.82) is 0 Å². The molecule has 0 fully saturated rings. The Bertz CT molecular complexity index is 671. The number of hydrogen-bond donors (Lipinski definition) is 2. The average molecular weight is 324 g/mol. The molecule has 1 unspecified atom stereocenters. The molecule has 2 N–H and O–H groups in total. The molecule has 0 spiro atoms. The van der Waals surface area contributed by atoms with Gasteiger partial charge in [0, 0.05) is 17.8 Å². The molecule has 7 heteroatoms. The van der Waals surface area contributed by atoms with E-state index in [0.29, 0.717) is 23.1 Å². The summed E-state index contributed by atoms with van der Waals surface area (Å²) in [4.78, 5) is 8.49. The second-order valence-corrected chi connectivity index (χ2v) is 5.34. The molecule has 124 valence electrons. The zero-order chi connectivity index (χ0) is 17.0. The van der Waals surface area contributed by atoms with Crippen molar-refractivity contribution in [3.63, 3.8) is 0 Å². The zero-order valence-corrected chi connectivity index (χ0v) is 13.2. The van der Waals surface area contributed by atoms with E-state index in [4.69, 9.17) is 0 Å². The first-order valence-corrected chi connectivity index (χ1v) is 7.34. The Labute approximate surface area is 133 Å². The highest BCUT2D eigenvalue weighted by Gasteiger charge is 2.30. The fraction of sp³-hybridized carbons (Fsp3) is 0.375. The number of anilines is 3. The molecule has 0 bridgehead atoms. The van der Waals surface area contributed by atoms with Gasteiger partial charge in [-0.25, -0.2) is 9.97 Å². The molecule has 0 radical (unpaired) electrons. The highest BCUT2D eigenvalue weighted by atomic mass is 19.4. The van der Waals surface area contributed by atoms with Crippen LogP contribution in [-0.4, -0.2) is 16.0 Å². The van der Waals surface area contributed by atoms with E-state index >= 15 is 0 Å². The van der Waals surface area contributed by atoms with Crippen LogP contribution in [0.25, 0.3) is 0 Å². The van der Waals surface area contributed by atoms with E-state index in [9.17, 15) is 13.2 Å². The molecule has 4 nitrogen and oxygen atoms in total. The Hall–Kier alpha value is -2.31. The minimum absolute atomic E-state index is 0.241. The van der Waals surface area contributed by atoms with Gasteiger partial charge in [-0.15, -0.1) is 0 Å². The van der Waals surface area contributed by atoms with Crippen molar-refractivity contribution in [2.24, 2.45) is 0 Å². The molecule has 0 aliphatic carbocycles. The number of halogens is 3. The Morgan fingerprint density at radius 2 is 1.83 bits per heavy atom. The molecular formula is C16H19F3N4. The Kier molecular flexibility index (Phi) is 5.08. The molecule has 1 heterocycles. The molecule has 0 saturated heterocycles. The van der Waals surface area contributed by atoms with Crippen LogP contribution in [0.4, 0.5) is 30.5 Å². The topological polar surface area (TPSA) is 49.8 Å². The van der Waals surface area contributed by atoms with Crippen molar-refractivity contribution in [1.82, 2.24) is 9.97 Å². The van der Waals surface area contributed by atoms with Crippen molar-refractivity contribution in [2.45, 2.75) is 39.4 Å². The van der Waals surface area contributed by atoms with Crippen LogP contribution in [0.15, 0.2) is 30.3 Å². The van der Waals surface area contributed by atoms with Gasteiger partial charge >= 0.3 is 6.18 Å². The molecule has 0 aliphatic heterocycles. The van der Waals surface area contributed by atoms with Crippen LogP contribution in [0.1, 0.15) is 31.7 Å². The monoisotopic (exact) mass is 324 g/mol. The summed E-state index contributed by atoms with van der Waals surface area (Å²) in [6.07, 6.45) is -3.44. The van der Waals surface area contributed by atoms with Crippen LogP contribution in [0.3, 0.4) is 0 Å². The van der Waals surface area contributed by atoms with Crippen LogP contribution in [0.5, 0.6) is 0 Å². The molecule has 2 aromatic rings. The highest BCUT2D eigenvalue weighted by molar-refractivity contribution is 5.60. The third-order valence-corrected chi connectivity index (χ3v) is 3.31. The maximum atomic E-state index is 12.8. The normalized spacial score (nSPS) is 12.8. The quantitative estimate of drug-likeness (QED) is 0.833. The van der Waals surface area contributed by atoms with Gasteiger partial charge in [-0.2, -0.15) is 13.2 Å². The number of nitrogens with one attached hydrogen (secondary N) is 2. The maximum Gasteiger partial charge on any atom is 0.416 e. The molecule has 1 atom stereocenters. The van der Waals surface area contributed by atoms with E-state index in [-0.39, 0.29) is 6.04 Å². The van der Waals surface area contributed by atoms with E-state index in [2.05, 4.69) is 20.6 Å². The number of aryl methyl sites for hydroxylation is 1. The van der Waals surface area contributed by atoms with Gasteiger partial charge in [0.15, 0.2) is 0 Å². The van der Waals surface area contributed by atoms with Crippen LogP contribution in [0, 0.1) is 6.92 Å². The van der Waals surface area contributed by atoms with Crippen LogP contribution in [0.2, 0.25) is 0 Å². The Morgan fingerprint density at radius 1 is 1.13 bits per heavy atom. The number of nitrogens with zero attached hydrogens (tertiary/aromatic N) is 2. The molecule has 1 aromatic heterocycles. The third-order valence-electron chi connectivity index (χ3n) is 3.31. The second-order valence-electron chi connectivity index (χ2n) is 5.34. The zero-order valence-electron chi connectivity index (χ0n) is 13.2. The predicted octanol–water partition coefficient (Wildman–Crippen LogP) is 4.76. The summed E-state index contributed by atoms with van der Waals surface area (Å²) in [5, 5.41) is 6.12. The number of rotatable bonds is 5. The largest absolute Gasteiger partial charge is 0.416 e. The minimum atomic E-state index is -4.37. The van der Waals surface area contributed by atoms with Crippen molar-refractivity contribution >= 4 is 17.3 Å². The summed E-state index contributed by atoms with van der Waals surface area (Å²) in [6, 6.07) is 6.93. The van der Waals surface area contributed by atoms with E-state index in [1.807, 2.05) is 13.8 Å². The molecular weight excluding hydrogens is 305 g/mol. The van der Waals surface area contributed by atoms with Crippen molar-refractivity contribution in [2.75, 3.05) is 10.6 Å². The van der Waals surface area contributed by atoms with E-state index in [1.165, 1.54) is 6.07 Å². The summed E-state index contributed by atoms with van der Waals surface area (Å²) in [6.45, 7) is 5.81. The molecule has 0 amide bonds. The molecule has 2 rings (SSSR count). The second kappa shape index (κ2) is 6.85. The van der Waals surface area contributed by atoms with Crippen LogP contribution in [-0.2, 0) is 6.18 Å². The van der Waals surface area contributed by atoms with Gasteiger partial charge in [-0.1, -0.05) is 13.0 Å². The van der Waals surface area contributed by atoms with Crippen molar-refractivity contribution in [3.8, 4) is 0 Å². The molecule has 0 saturated carbocycles. The van der Waals surface area contributed by atoms with E-state index in [0.717, 1.165) is 18.6 Å².